The van der Waals surface area contributed by atoms with Crippen LogP contribution in [0.3, 0.4) is 0 Å². The van der Waals surface area contributed by atoms with Gasteiger partial charge in [0, 0.05) is 0 Å². The van der Waals surface area contributed by atoms with Crippen LogP contribution in [0.1, 0.15) is 0 Å². The van der Waals surface area contributed by atoms with Crippen LogP contribution >= 0.6 is 0 Å². The molecule has 1 heterocycles. The highest BCUT2D eigenvalue weighted by molar-refractivity contribution is 5.86. The molecule has 5 nitrogen and oxygen atoms in total. The standard InChI is InChI=1S/C5H7FN4O/c6-4-1-8-3-10(2-4)5(11)9-7/h1,3H,2,7H2,(H,9,11). The average Bonchev–Trinajstić information content (AvgIpc) is 2.03. The van der Waals surface area contributed by atoms with Gasteiger partial charge in [0.15, 0.2) is 0 Å². The van der Waals surface area contributed by atoms with Crippen molar-refractivity contribution in [1.29, 1.82) is 0 Å². The van der Waals surface area contributed by atoms with Gasteiger partial charge in [0.05, 0.1) is 19.1 Å². The molecule has 0 atom stereocenters. The van der Waals surface area contributed by atoms with Crippen LogP contribution in [0.2, 0.25) is 0 Å². The van der Waals surface area contributed by atoms with Gasteiger partial charge in [-0.15, -0.1) is 0 Å². The molecule has 0 spiro atoms. The molecule has 0 bridgehead atoms. The first kappa shape index (κ1) is 7.67. The third kappa shape index (κ3) is 1.74. The molecule has 0 aliphatic carbocycles. The summed E-state index contributed by atoms with van der Waals surface area (Å²) in [4.78, 5) is 15.2. The van der Waals surface area contributed by atoms with E-state index < -0.39 is 11.9 Å². The zero-order valence-electron chi connectivity index (χ0n) is 5.62. The van der Waals surface area contributed by atoms with Crippen molar-refractivity contribution in [3.8, 4) is 0 Å². The Bertz CT molecular complexity index is 225. The Morgan fingerprint density at radius 1 is 1.91 bits per heavy atom. The largest absolute Gasteiger partial charge is 0.337 e. The smallest absolute Gasteiger partial charge is 0.277 e. The van der Waals surface area contributed by atoms with Crippen molar-refractivity contribution in [1.82, 2.24) is 10.3 Å². The van der Waals surface area contributed by atoms with E-state index in [1.165, 1.54) is 6.34 Å². The van der Waals surface area contributed by atoms with Gasteiger partial charge in [0.1, 0.15) is 5.83 Å². The average molecular weight is 158 g/mol. The summed E-state index contributed by atoms with van der Waals surface area (Å²) in [5, 5.41) is 0. The molecule has 0 aromatic heterocycles. The SMILES string of the molecule is NNC(=O)N1C=NC=C(F)C1. The molecule has 1 aliphatic heterocycles. The van der Waals surface area contributed by atoms with Gasteiger partial charge in [-0.3, -0.25) is 10.3 Å². The van der Waals surface area contributed by atoms with Crippen LogP contribution in [0.5, 0.6) is 0 Å². The molecule has 2 amide bonds. The van der Waals surface area contributed by atoms with Crippen LogP contribution in [0.15, 0.2) is 17.0 Å². The van der Waals surface area contributed by atoms with Crippen molar-refractivity contribution >= 4 is 12.4 Å². The van der Waals surface area contributed by atoms with Gasteiger partial charge in [-0.2, -0.15) is 0 Å². The van der Waals surface area contributed by atoms with Gasteiger partial charge in [-0.1, -0.05) is 0 Å². The number of carbonyl (C=O) groups is 1. The Morgan fingerprint density at radius 3 is 3.18 bits per heavy atom. The second-order valence-corrected chi connectivity index (χ2v) is 1.92. The molecule has 6 heteroatoms. The van der Waals surface area contributed by atoms with E-state index in [1.54, 1.807) is 0 Å². The van der Waals surface area contributed by atoms with E-state index in [4.69, 9.17) is 5.84 Å². The van der Waals surface area contributed by atoms with Crippen LogP contribution in [-0.2, 0) is 0 Å². The van der Waals surface area contributed by atoms with E-state index in [2.05, 4.69) is 4.99 Å². The summed E-state index contributed by atoms with van der Waals surface area (Å²) in [5.74, 6) is 4.33. The highest BCUT2D eigenvalue weighted by atomic mass is 19.1. The van der Waals surface area contributed by atoms with Crippen LogP contribution in [0.4, 0.5) is 9.18 Å². The zero-order valence-corrected chi connectivity index (χ0v) is 5.62. The van der Waals surface area contributed by atoms with Gasteiger partial charge in [-0.05, 0) is 0 Å². The third-order valence-corrected chi connectivity index (χ3v) is 1.13. The van der Waals surface area contributed by atoms with Gasteiger partial charge >= 0.3 is 6.03 Å². The Morgan fingerprint density at radius 2 is 2.64 bits per heavy atom. The summed E-state index contributed by atoms with van der Waals surface area (Å²) in [6, 6.07) is -0.586. The number of nitrogens with zero attached hydrogens (tertiary/aromatic N) is 2. The lowest BCUT2D eigenvalue weighted by molar-refractivity contribution is 0.222. The minimum Gasteiger partial charge on any atom is -0.277 e. The van der Waals surface area contributed by atoms with E-state index in [9.17, 15) is 9.18 Å². The Labute approximate surface area is 62.3 Å². The number of halogens is 1. The van der Waals surface area contributed by atoms with Gasteiger partial charge in [-0.25, -0.2) is 20.0 Å². The van der Waals surface area contributed by atoms with Crippen molar-refractivity contribution in [2.24, 2.45) is 10.8 Å². The van der Waals surface area contributed by atoms with Crippen molar-refractivity contribution in [2.75, 3.05) is 6.54 Å². The molecular weight excluding hydrogens is 151 g/mol. The van der Waals surface area contributed by atoms with Crippen LogP contribution in [-0.4, -0.2) is 23.8 Å². The van der Waals surface area contributed by atoms with Gasteiger partial charge in [0.2, 0.25) is 0 Å². The lowest BCUT2D eigenvalue weighted by Crippen LogP contribution is -2.43. The summed E-state index contributed by atoms with van der Waals surface area (Å²) < 4.78 is 12.4. The van der Waals surface area contributed by atoms with Crippen molar-refractivity contribution in [3.05, 3.63) is 12.0 Å². The summed E-state index contributed by atoms with van der Waals surface area (Å²) in [6.45, 7) is -0.119. The maximum absolute atomic E-state index is 12.4. The second kappa shape index (κ2) is 3.11. The van der Waals surface area contributed by atoms with Crippen LogP contribution in [0.25, 0.3) is 0 Å². The number of hydrogen-bond donors (Lipinski definition) is 2. The summed E-state index contributed by atoms with van der Waals surface area (Å²) in [6.07, 6.45) is 2.24. The number of hydrogen-bond acceptors (Lipinski definition) is 3. The van der Waals surface area contributed by atoms with E-state index in [0.717, 1.165) is 11.1 Å². The first-order chi connectivity index (χ1) is 5.24. The van der Waals surface area contributed by atoms with E-state index in [1.807, 2.05) is 5.43 Å². The first-order valence-corrected chi connectivity index (χ1v) is 2.89. The van der Waals surface area contributed by atoms with Crippen molar-refractivity contribution in [3.63, 3.8) is 0 Å². The van der Waals surface area contributed by atoms with Gasteiger partial charge < -0.3 is 0 Å². The molecule has 0 saturated heterocycles. The summed E-state index contributed by atoms with van der Waals surface area (Å²) in [5.41, 5.74) is 1.86. The Balaban J connectivity index is 2.59. The number of rotatable bonds is 0. The first-order valence-electron chi connectivity index (χ1n) is 2.89. The molecule has 60 valence electrons. The minimum atomic E-state index is -0.586. The molecule has 1 rings (SSSR count). The highest BCUT2D eigenvalue weighted by Gasteiger charge is 2.13. The molecule has 0 saturated carbocycles. The minimum absolute atomic E-state index is 0.119. The van der Waals surface area contributed by atoms with Crippen molar-refractivity contribution in [2.45, 2.75) is 0 Å². The van der Waals surface area contributed by atoms with E-state index in [0.29, 0.717) is 0 Å². The molecule has 0 unspecified atom stereocenters. The molecule has 1 aliphatic rings. The Hall–Kier alpha value is -1.43. The molecule has 3 N–H and O–H groups in total. The third-order valence-electron chi connectivity index (χ3n) is 1.13. The number of aliphatic imine (C=N–C) groups is 1. The van der Waals surface area contributed by atoms with Crippen LogP contribution in [0, 0.1) is 0 Å². The number of urea groups is 1. The summed E-state index contributed by atoms with van der Waals surface area (Å²) >= 11 is 0. The van der Waals surface area contributed by atoms with Gasteiger partial charge in [0.25, 0.3) is 0 Å². The molecule has 0 aromatic carbocycles. The lowest BCUT2D eigenvalue weighted by Gasteiger charge is -2.16. The van der Waals surface area contributed by atoms with Crippen LogP contribution < -0.4 is 11.3 Å². The number of amides is 2. The molecule has 11 heavy (non-hydrogen) atoms. The van der Waals surface area contributed by atoms with E-state index in [-0.39, 0.29) is 6.54 Å². The number of nitrogens with two attached hydrogens (primary N) is 1. The predicted octanol–water partition coefficient (Wildman–Crippen LogP) is -0.275. The number of carbonyl (C=O) groups excluding carboxylic acids is 1. The second-order valence-electron chi connectivity index (χ2n) is 1.92. The molecule has 0 aromatic rings. The monoisotopic (exact) mass is 158 g/mol. The maximum Gasteiger partial charge on any atom is 0.337 e. The topological polar surface area (TPSA) is 70.7 Å². The fourth-order valence-corrected chi connectivity index (χ4v) is 0.646. The lowest BCUT2D eigenvalue weighted by atomic mass is 10.5. The predicted molar refractivity (Wildman–Crippen MR) is 37.1 cm³/mol. The fourth-order valence-electron chi connectivity index (χ4n) is 0.646. The fraction of sp³-hybridized carbons (Fsp3) is 0.200. The quantitative estimate of drug-likeness (QED) is 0.289. The summed E-state index contributed by atoms with van der Waals surface area (Å²) in [7, 11) is 0. The molecular formula is C5H7FN4O. The number of hydrazine groups is 1. The van der Waals surface area contributed by atoms with Crippen molar-refractivity contribution < 1.29 is 9.18 Å². The molecule has 0 radical (unpaired) electrons. The highest BCUT2D eigenvalue weighted by Crippen LogP contribution is 2.04. The Kier molecular flexibility index (Phi) is 2.17. The van der Waals surface area contributed by atoms with E-state index >= 15 is 0 Å². The number of nitrogens with one attached hydrogen (secondary N) is 1. The molecule has 0 fully saturated rings. The normalized spacial score (nSPS) is 16.2. The maximum atomic E-state index is 12.4. The zero-order chi connectivity index (χ0) is 8.27.